The number of carbonyl (C=O) groups excluding carboxylic acids is 2. The summed E-state index contributed by atoms with van der Waals surface area (Å²) in [5.41, 5.74) is 1.26. The molecule has 13 heteroatoms. The van der Waals surface area contributed by atoms with E-state index < -0.39 is 57.5 Å². The maximum Gasteiger partial charge on any atom is 0.312 e. The molecule has 0 unspecified atom stereocenters. The Morgan fingerprint density at radius 3 is 2.44 bits per heavy atom. The molecule has 0 bridgehead atoms. The molecule has 2 aromatic carbocycles. The molecular weight excluding hydrogens is 852 g/mol. The lowest BCUT2D eigenvalue weighted by atomic mass is 9.78. The van der Waals surface area contributed by atoms with Crippen LogP contribution in [0.15, 0.2) is 64.4 Å². The number of nitrogens with one attached hydrogen (secondary N) is 1. The number of ether oxygens (including phenoxy) is 1. The molecule has 1 fully saturated rings. The number of aliphatic hydroxyl groups excluding tert-OH is 3. The molecule has 0 radical (unpaired) electrons. The molecule has 2 aliphatic heterocycles. The van der Waals surface area contributed by atoms with Gasteiger partial charge in [0.1, 0.15) is 11.7 Å². The fourth-order valence-corrected chi connectivity index (χ4v) is 10.6. The van der Waals surface area contributed by atoms with E-state index in [-0.39, 0.29) is 18.2 Å². The number of amides is 1. The van der Waals surface area contributed by atoms with Crippen LogP contribution in [-0.4, -0.2) is 102 Å². The van der Waals surface area contributed by atoms with Gasteiger partial charge in [-0.15, -0.1) is 11.3 Å². The van der Waals surface area contributed by atoms with Gasteiger partial charge in [0.15, 0.2) is 4.11 Å². The van der Waals surface area contributed by atoms with Crippen LogP contribution in [-0.2, 0) is 14.3 Å². The molecule has 3 heterocycles. The standard InChI is InChI=1S/C42H55IN2O8S2/c1-23-13-15-30-33(19-23)55-32-12-9-8-11-29(32)31-20-28(54-36(30)31)14-16-34(46)44-17-10-18-45-22-24(2)21-41(6,51)37(48)25(3)35(47)26(4)39(50)53-40(43)42(7,52)38(49)27(45)5/h8-9,11-16,19-20,24-27,35,37-38,40,47-49,51-52H,10,17-18,21-22H2,1-7H3,(H,44,46)/b16-14+/t24-,25+,26-,27-,35+,37-,38-,40+,41-,42+/m1/s1. The van der Waals surface area contributed by atoms with Gasteiger partial charge < -0.3 is 35.6 Å². The van der Waals surface area contributed by atoms with Crippen LogP contribution in [0.2, 0.25) is 0 Å². The van der Waals surface area contributed by atoms with Gasteiger partial charge in [-0.2, -0.15) is 0 Å². The number of nitrogens with zero attached hydrogens (tertiary/aromatic N) is 1. The smallest absolute Gasteiger partial charge is 0.312 e. The number of cyclic esters (lactones) is 1. The molecule has 0 spiro atoms. The first kappa shape index (κ1) is 43.8. The summed E-state index contributed by atoms with van der Waals surface area (Å²) in [4.78, 5) is 32.6. The summed E-state index contributed by atoms with van der Waals surface area (Å²) in [5, 5.41) is 59.4. The second-order valence-electron chi connectivity index (χ2n) is 15.9. The molecule has 1 aromatic heterocycles. The normalized spacial score (nSPS) is 32.3. The van der Waals surface area contributed by atoms with Crippen LogP contribution in [0, 0.1) is 24.7 Å². The predicted molar refractivity (Wildman–Crippen MR) is 227 cm³/mol. The summed E-state index contributed by atoms with van der Waals surface area (Å²) in [7, 11) is 0. The number of halogens is 1. The van der Waals surface area contributed by atoms with Gasteiger partial charge in [-0.25, -0.2) is 0 Å². The summed E-state index contributed by atoms with van der Waals surface area (Å²) >= 11 is 5.21. The summed E-state index contributed by atoms with van der Waals surface area (Å²) < 4.78 is 4.38. The van der Waals surface area contributed by atoms with Gasteiger partial charge in [-0.1, -0.05) is 55.9 Å². The van der Waals surface area contributed by atoms with Crippen LogP contribution in [0.25, 0.3) is 27.6 Å². The van der Waals surface area contributed by atoms with Crippen molar-refractivity contribution in [1.29, 1.82) is 0 Å². The van der Waals surface area contributed by atoms with Gasteiger partial charge in [0.2, 0.25) is 5.91 Å². The summed E-state index contributed by atoms with van der Waals surface area (Å²) in [6.07, 6.45) is 0.0489. The van der Waals surface area contributed by atoms with E-state index >= 15 is 0 Å². The van der Waals surface area contributed by atoms with Gasteiger partial charge in [0, 0.05) is 68.3 Å². The fraction of sp³-hybridized carbons (Fsp3) is 0.524. The van der Waals surface area contributed by atoms with E-state index in [9.17, 15) is 35.1 Å². The van der Waals surface area contributed by atoms with Crippen LogP contribution in [0.5, 0.6) is 0 Å². The first-order valence-electron chi connectivity index (χ1n) is 18.9. The number of aryl methyl sites for hydroxylation is 1. The second kappa shape index (κ2) is 18.1. The van der Waals surface area contributed by atoms with E-state index in [1.54, 1.807) is 65.6 Å². The molecule has 0 aliphatic carbocycles. The Morgan fingerprint density at radius 2 is 1.71 bits per heavy atom. The van der Waals surface area contributed by atoms with Gasteiger partial charge in [0.05, 0.1) is 23.7 Å². The Bertz CT molecular complexity index is 1860. The Hall–Kier alpha value is -2.34. The second-order valence-corrected chi connectivity index (χ2v) is 19.2. The van der Waals surface area contributed by atoms with Crippen molar-refractivity contribution in [3.8, 4) is 21.6 Å². The number of rotatable bonds is 6. The van der Waals surface area contributed by atoms with Crippen LogP contribution in [0.4, 0.5) is 0 Å². The van der Waals surface area contributed by atoms with Crippen molar-refractivity contribution in [1.82, 2.24) is 10.2 Å². The molecule has 6 N–H and O–H groups in total. The van der Waals surface area contributed by atoms with E-state index in [2.05, 4.69) is 60.8 Å². The maximum absolute atomic E-state index is 13.0. The van der Waals surface area contributed by atoms with E-state index in [1.807, 2.05) is 17.9 Å². The van der Waals surface area contributed by atoms with Crippen molar-refractivity contribution < 1.29 is 39.9 Å². The Balaban J connectivity index is 1.27. The minimum Gasteiger partial charge on any atom is -0.448 e. The summed E-state index contributed by atoms with van der Waals surface area (Å²) in [6, 6.07) is 16.4. The van der Waals surface area contributed by atoms with Gasteiger partial charge in [0.25, 0.3) is 0 Å². The molecular formula is C42H55IN2O8S2. The highest BCUT2D eigenvalue weighted by Gasteiger charge is 2.47. The third-order valence-electron chi connectivity index (χ3n) is 11.0. The average molecular weight is 907 g/mol. The lowest BCUT2D eigenvalue weighted by Crippen LogP contribution is -2.58. The first-order chi connectivity index (χ1) is 25.8. The zero-order valence-corrected chi connectivity index (χ0v) is 36.3. The monoisotopic (exact) mass is 906 g/mol. The topological polar surface area (TPSA) is 160 Å². The molecule has 10 atom stereocenters. The SMILES string of the molecule is Cc1ccc2c(c1)Sc1ccccc1-c1cc(/C=C/C(=O)NCCCN3C[C@H](C)C[C@@](C)(O)[C@H](O)[C@@H](C)[C@H](O)[C@@H](C)C(=O)O[C@H](I)[C@@](C)(O)[C@H](O)[C@H]3C)sc1-2. The van der Waals surface area contributed by atoms with Gasteiger partial charge in [-0.3, -0.25) is 14.5 Å². The number of thiophene rings is 1. The molecule has 0 saturated carbocycles. The number of hydrogen-bond acceptors (Lipinski definition) is 11. The zero-order valence-electron chi connectivity index (χ0n) is 32.5. The minimum atomic E-state index is -1.86. The Labute approximate surface area is 346 Å². The van der Waals surface area contributed by atoms with Crippen LogP contribution >= 0.6 is 45.7 Å². The highest BCUT2D eigenvalue weighted by atomic mass is 127. The molecule has 3 aromatic rings. The van der Waals surface area contributed by atoms with E-state index in [0.29, 0.717) is 26.1 Å². The highest BCUT2D eigenvalue weighted by Crippen LogP contribution is 2.51. The minimum absolute atomic E-state index is 0.165. The molecule has 2 aliphatic rings. The first-order valence-corrected chi connectivity index (χ1v) is 21.7. The van der Waals surface area contributed by atoms with Crippen molar-refractivity contribution in [3.63, 3.8) is 0 Å². The average Bonchev–Trinajstić information content (AvgIpc) is 3.51. The molecule has 55 heavy (non-hydrogen) atoms. The van der Waals surface area contributed by atoms with Crippen LogP contribution in [0.1, 0.15) is 64.8 Å². The molecule has 10 nitrogen and oxygen atoms in total. The number of carbonyl (C=O) groups is 2. The van der Waals surface area contributed by atoms with E-state index in [4.69, 9.17) is 4.74 Å². The maximum atomic E-state index is 13.0. The number of esters is 1. The number of fused-ring (bicyclic) bond motifs is 5. The largest absolute Gasteiger partial charge is 0.448 e. The van der Waals surface area contributed by atoms with E-state index in [1.165, 1.54) is 52.1 Å². The molecule has 300 valence electrons. The van der Waals surface area contributed by atoms with Gasteiger partial charge in [-0.05, 0) is 111 Å². The van der Waals surface area contributed by atoms with Crippen molar-refractivity contribution in [2.75, 3.05) is 19.6 Å². The number of alkyl halides is 1. The Morgan fingerprint density at radius 1 is 1.00 bits per heavy atom. The highest BCUT2D eigenvalue weighted by molar-refractivity contribution is 14.1. The lowest BCUT2D eigenvalue weighted by molar-refractivity contribution is -0.176. The molecule has 1 amide bonds. The zero-order chi connectivity index (χ0) is 40.4. The number of hydrogen-bond donors (Lipinski definition) is 6. The fourth-order valence-electron chi connectivity index (χ4n) is 7.65. The number of benzene rings is 2. The van der Waals surface area contributed by atoms with Crippen LogP contribution in [0.3, 0.4) is 0 Å². The van der Waals surface area contributed by atoms with Crippen molar-refractivity contribution in [2.24, 2.45) is 17.8 Å². The van der Waals surface area contributed by atoms with E-state index in [0.717, 1.165) is 10.4 Å². The number of aliphatic hydroxyl groups is 5. The van der Waals surface area contributed by atoms with Crippen molar-refractivity contribution in [3.05, 3.63) is 65.0 Å². The van der Waals surface area contributed by atoms with Gasteiger partial charge >= 0.3 is 5.97 Å². The molecule has 5 rings (SSSR count). The quantitative estimate of drug-likeness (QED) is 0.0429. The third kappa shape index (κ3) is 10.0. The third-order valence-corrected chi connectivity index (χ3v) is 14.8. The predicted octanol–water partition coefficient (Wildman–Crippen LogP) is 6.27. The van der Waals surface area contributed by atoms with Crippen LogP contribution < -0.4 is 5.32 Å². The van der Waals surface area contributed by atoms with Crippen molar-refractivity contribution >= 4 is 63.6 Å². The Kier molecular flexibility index (Phi) is 14.4. The van der Waals surface area contributed by atoms with Crippen molar-refractivity contribution in [2.45, 2.75) is 111 Å². The lowest BCUT2D eigenvalue weighted by Gasteiger charge is -2.42. The molecule has 1 saturated heterocycles. The summed E-state index contributed by atoms with van der Waals surface area (Å²) in [6.45, 7) is 12.9. The summed E-state index contributed by atoms with van der Waals surface area (Å²) in [5.74, 6) is -3.15.